The SMILES string of the molecule is CC1(CO)Cc2cc(N)c(F)cc2O1. The number of anilines is 1. The van der Waals surface area contributed by atoms with Gasteiger partial charge in [0.05, 0.1) is 12.3 Å². The number of hydrogen-bond acceptors (Lipinski definition) is 3. The van der Waals surface area contributed by atoms with Crippen molar-refractivity contribution in [1.29, 1.82) is 0 Å². The number of nitrogens with two attached hydrogens (primary N) is 1. The van der Waals surface area contributed by atoms with Crippen LogP contribution in [0.15, 0.2) is 12.1 Å². The van der Waals surface area contributed by atoms with E-state index in [-0.39, 0.29) is 12.3 Å². The molecule has 76 valence electrons. The van der Waals surface area contributed by atoms with Crippen molar-refractivity contribution in [3.05, 3.63) is 23.5 Å². The van der Waals surface area contributed by atoms with Gasteiger partial charge in [-0.05, 0) is 13.0 Å². The first-order valence-electron chi connectivity index (χ1n) is 4.42. The van der Waals surface area contributed by atoms with Crippen LogP contribution in [0.25, 0.3) is 0 Å². The van der Waals surface area contributed by atoms with Gasteiger partial charge in [-0.15, -0.1) is 0 Å². The van der Waals surface area contributed by atoms with Crippen LogP contribution in [0.4, 0.5) is 10.1 Å². The van der Waals surface area contributed by atoms with E-state index in [1.807, 2.05) is 0 Å². The normalized spacial score (nSPS) is 24.5. The molecule has 0 aromatic heterocycles. The fourth-order valence-corrected chi connectivity index (χ4v) is 1.64. The van der Waals surface area contributed by atoms with Gasteiger partial charge in [0.25, 0.3) is 0 Å². The van der Waals surface area contributed by atoms with E-state index in [0.29, 0.717) is 12.2 Å². The number of benzene rings is 1. The van der Waals surface area contributed by atoms with Gasteiger partial charge in [0.15, 0.2) is 0 Å². The monoisotopic (exact) mass is 197 g/mol. The summed E-state index contributed by atoms with van der Waals surface area (Å²) in [5, 5.41) is 9.09. The van der Waals surface area contributed by atoms with Crippen LogP contribution >= 0.6 is 0 Å². The Bertz CT molecular complexity index is 348. The Hall–Kier alpha value is -1.29. The Kier molecular flexibility index (Phi) is 1.89. The van der Waals surface area contributed by atoms with E-state index in [9.17, 15) is 4.39 Å². The molecular formula is C10H12FNO2. The Morgan fingerprint density at radius 3 is 3.00 bits per heavy atom. The van der Waals surface area contributed by atoms with Crippen molar-refractivity contribution in [2.75, 3.05) is 12.3 Å². The van der Waals surface area contributed by atoms with Crippen molar-refractivity contribution < 1.29 is 14.2 Å². The first-order valence-corrected chi connectivity index (χ1v) is 4.42. The van der Waals surface area contributed by atoms with Gasteiger partial charge in [0.2, 0.25) is 0 Å². The summed E-state index contributed by atoms with van der Waals surface area (Å²) in [5.74, 6) is -0.000750. The quantitative estimate of drug-likeness (QED) is 0.663. The summed E-state index contributed by atoms with van der Waals surface area (Å²) in [5.41, 5.74) is 5.76. The largest absolute Gasteiger partial charge is 0.484 e. The highest BCUT2D eigenvalue weighted by atomic mass is 19.1. The number of rotatable bonds is 1. The van der Waals surface area contributed by atoms with Crippen molar-refractivity contribution in [2.24, 2.45) is 0 Å². The van der Waals surface area contributed by atoms with Gasteiger partial charge < -0.3 is 15.6 Å². The van der Waals surface area contributed by atoms with Gasteiger partial charge in [-0.2, -0.15) is 0 Å². The van der Waals surface area contributed by atoms with Crippen molar-refractivity contribution in [2.45, 2.75) is 18.9 Å². The molecule has 0 saturated heterocycles. The van der Waals surface area contributed by atoms with Crippen LogP contribution in [0.3, 0.4) is 0 Å². The molecule has 0 amide bonds. The summed E-state index contributed by atoms with van der Waals surface area (Å²) in [6, 6.07) is 2.83. The lowest BCUT2D eigenvalue weighted by molar-refractivity contribution is 0.0445. The van der Waals surface area contributed by atoms with Gasteiger partial charge >= 0.3 is 0 Å². The number of aliphatic hydroxyl groups excluding tert-OH is 1. The summed E-state index contributed by atoms with van der Waals surface area (Å²) in [6.45, 7) is 1.68. The molecule has 1 aliphatic rings. The van der Waals surface area contributed by atoms with Gasteiger partial charge in [0.1, 0.15) is 17.2 Å². The molecule has 0 saturated carbocycles. The minimum Gasteiger partial charge on any atom is -0.484 e. The number of aliphatic hydroxyl groups is 1. The minimum atomic E-state index is -0.636. The second kappa shape index (κ2) is 2.85. The molecule has 0 aliphatic carbocycles. The van der Waals surface area contributed by atoms with Gasteiger partial charge in [-0.25, -0.2) is 4.39 Å². The molecule has 3 N–H and O–H groups in total. The Balaban J connectivity index is 2.41. The van der Waals surface area contributed by atoms with Crippen LogP contribution in [0, 0.1) is 5.82 Å². The molecule has 1 aliphatic heterocycles. The molecular weight excluding hydrogens is 185 g/mol. The van der Waals surface area contributed by atoms with Gasteiger partial charge in [-0.3, -0.25) is 0 Å². The van der Waals surface area contributed by atoms with Gasteiger partial charge in [-0.1, -0.05) is 0 Å². The van der Waals surface area contributed by atoms with Crippen LogP contribution in [-0.2, 0) is 6.42 Å². The maximum atomic E-state index is 13.1. The van der Waals surface area contributed by atoms with Crippen LogP contribution in [-0.4, -0.2) is 17.3 Å². The summed E-state index contributed by atoms with van der Waals surface area (Å²) < 4.78 is 18.5. The lowest BCUT2D eigenvalue weighted by Gasteiger charge is -2.20. The van der Waals surface area contributed by atoms with Crippen molar-refractivity contribution in [3.63, 3.8) is 0 Å². The zero-order valence-corrected chi connectivity index (χ0v) is 7.88. The van der Waals surface area contributed by atoms with E-state index in [0.717, 1.165) is 5.56 Å². The van der Waals surface area contributed by atoms with Crippen LogP contribution in [0.1, 0.15) is 12.5 Å². The standard InChI is InChI=1S/C10H12FNO2/c1-10(5-13)4-6-2-8(12)7(11)3-9(6)14-10/h2-3,13H,4-5,12H2,1H3. The molecule has 3 nitrogen and oxygen atoms in total. The predicted octanol–water partition coefficient (Wildman–Crippen LogP) is 1.09. The third kappa shape index (κ3) is 1.32. The fraction of sp³-hybridized carbons (Fsp3) is 0.400. The topological polar surface area (TPSA) is 55.5 Å². The molecule has 0 fully saturated rings. The Labute approximate surface area is 81.3 Å². The number of fused-ring (bicyclic) bond motifs is 1. The second-order valence-corrected chi connectivity index (χ2v) is 3.87. The summed E-state index contributed by atoms with van der Waals surface area (Å²) in [6.07, 6.45) is 0.559. The molecule has 1 unspecified atom stereocenters. The molecule has 4 heteroatoms. The fourth-order valence-electron chi connectivity index (χ4n) is 1.64. The van der Waals surface area contributed by atoms with E-state index < -0.39 is 11.4 Å². The molecule has 2 rings (SSSR count). The molecule has 14 heavy (non-hydrogen) atoms. The van der Waals surface area contributed by atoms with Crippen LogP contribution < -0.4 is 10.5 Å². The minimum absolute atomic E-state index is 0.0940. The summed E-state index contributed by atoms with van der Waals surface area (Å²) >= 11 is 0. The van der Waals surface area contributed by atoms with Crippen molar-refractivity contribution in [3.8, 4) is 5.75 Å². The van der Waals surface area contributed by atoms with E-state index in [4.69, 9.17) is 15.6 Å². The molecule has 0 radical (unpaired) electrons. The maximum absolute atomic E-state index is 13.1. The molecule has 1 aromatic rings. The maximum Gasteiger partial charge on any atom is 0.149 e. The van der Waals surface area contributed by atoms with E-state index in [1.165, 1.54) is 6.07 Å². The predicted molar refractivity (Wildman–Crippen MR) is 50.6 cm³/mol. The number of nitrogen functional groups attached to an aromatic ring is 1. The van der Waals surface area contributed by atoms with Crippen molar-refractivity contribution in [1.82, 2.24) is 0 Å². The number of halogens is 1. The number of ether oxygens (including phenoxy) is 1. The third-order valence-electron chi connectivity index (χ3n) is 2.44. The van der Waals surface area contributed by atoms with E-state index in [2.05, 4.69) is 0 Å². The van der Waals surface area contributed by atoms with E-state index >= 15 is 0 Å². The Morgan fingerprint density at radius 2 is 2.36 bits per heavy atom. The second-order valence-electron chi connectivity index (χ2n) is 3.87. The smallest absolute Gasteiger partial charge is 0.149 e. The highest BCUT2D eigenvalue weighted by Crippen LogP contribution is 2.36. The molecule has 0 spiro atoms. The first-order chi connectivity index (χ1) is 6.54. The highest BCUT2D eigenvalue weighted by molar-refractivity contribution is 5.51. The van der Waals surface area contributed by atoms with Crippen molar-refractivity contribution >= 4 is 5.69 Å². The highest BCUT2D eigenvalue weighted by Gasteiger charge is 2.34. The molecule has 1 atom stereocenters. The molecule has 1 aromatic carbocycles. The zero-order valence-electron chi connectivity index (χ0n) is 7.88. The average molecular weight is 197 g/mol. The average Bonchev–Trinajstić information content (AvgIpc) is 2.43. The molecule has 0 bridgehead atoms. The lowest BCUT2D eigenvalue weighted by atomic mass is 10.0. The zero-order chi connectivity index (χ0) is 10.3. The number of hydrogen-bond donors (Lipinski definition) is 2. The van der Waals surface area contributed by atoms with Crippen LogP contribution in [0.2, 0.25) is 0 Å². The van der Waals surface area contributed by atoms with Crippen LogP contribution in [0.5, 0.6) is 5.75 Å². The third-order valence-corrected chi connectivity index (χ3v) is 2.44. The van der Waals surface area contributed by atoms with Gasteiger partial charge in [0, 0.05) is 18.1 Å². The summed E-state index contributed by atoms with van der Waals surface area (Å²) in [4.78, 5) is 0. The Morgan fingerprint density at radius 1 is 1.64 bits per heavy atom. The summed E-state index contributed by atoms with van der Waals surface area (Å²) in [7, 11) is 0. The van der Waals surface area contributed by atoms with E-state index in [1.54, 1.807) is 13.0 Å². The molecule has 1 heterocycles. The first kappa shape index (κ1) is 9.27. The lowest BCUT2D eigenvalue weighted by Crippen LogP contribution is -2.34.